The molecule has 0 saturated carbocycles. The quantitative estimate of drug-likeness (QED) is 0.646. The first-order valence-electron chi connectivity index (χ1n) is 5.48. The van der Waals surface area contributed by atoms with Crippen LogP contribution in [0.2, 0.25) is 5.15 Å². The van der Waals surface area contributed by atoms with Crippen molar-refractivity contribution in [3.63, 3.8) is 0 Å². The van der Waals surface area contributed by atoms with E-state index in [2.05, 4.69) is 15.1 Å². The van der Waals surface area contributed by atoms with Gasteiger partial charge >= 0.3 is 6.18 Å². The largest absolute Gasteiger partial charge is 0.416 e. The molecule has 8 heteroatoms. The first-order valence-corrected chi connectivity index (χ1v) is 5.86. The van der Waals surface area contributed by atoms with Gasteiger partial charge in [0, 0.05) is 0 Å². The molecule has 1 aromatic carbocycles. The highest BCUT2D eigenvalue weighted by Gasteiger charge is 2.30. The summed E-state index contributed by atoms with van der Waals surface area (Å²) in [6.45, 7) is 0. The summed E-state index contributed by atoms with van der Waals surface area (Å²) in [6.07, 6.45) is -1.63. The summed E-state index contributed by atoms with van der Waals surface area (Å²) in [5.41, 5.74) is 0.179. The van der Waals surface area contributed by atoms with Gasteiger partial charge in [-0.15, -0.1) is 0 Å². The standard InChI is InChI=1S/C12H6ClF3N4/c13-10-9-5-19-20(11(9)18-6-17-10)8-3-1-7(2-4-8)12(14,15)16/h1-6H. The summed E-state index contributed by atoms with van der Waals surface area (Å²) in [7, 11) is 0. The number of alkyl halides is 3. The zero-order chi connectivity index (χ0) is 14.3. The van der Waals surface area contributed by atoms with Crippen LogP contribution in [0.5, 0.6) is 0 Å². The molecular formula is C12H6ClF3N4. The van der Waals surface area contributed by atoms with E-state index in [1.165, 1.54) is 29.3 Å². The van der Waals surface area contributed by atoms with Gasteiger partial charge in [-0.25, -0.2) is 14.6 Å². The number of fused-ring (bicyclic) bond motifs is 1. The van der Waals surface area contributed by atoms with Gasteiger partial charge in [-0.3, -0.25) is 0 Å². The lowest BCUT2D eigenvalue weighted by Gasteiger charge is -2.08. The highest BCUT2D eigenvalue weighted by atomic mass is 35.5. The monoisotopic (exact) mass is 298 g/mol. The summed E-state index contributed by atoms with van der Waals surface area (Å²) >= 11 is 5.89. The number of hydrogen-bond acceptors (Lipinski definition) is 3. The normalized spacial score (nSPS) is 12.0. The number of nitrogens with zero attached hydrogens (tertiary/aromatic N) is 4. The summed E-state index contributed by atoms with van der Waals surface area (Å²) < 4.78 is 38.9. The lowest BCUT2D eigenvalue weighted by Crippen LogP contribution is -2.05. The van der Waals surface area contributed by atoms with E-state index in [1.54, 1.807) is 0 Å². The summed E-state index contributed by atoms with van der Waals surface area (Å²) in [5, 5.41) is 4.85. The van der Waals surface area contributed by atoms with Gasteiger partial charge in [-0.2, -0.15) is 18.3 Å². The Hall–Kier alpha value is -2.15. The molecule has 0 fully saturated rings. The Balaban J connectivity index is 2.10. The maximum atomic E-state index is 12.5. The number of halogens is 4. The Kier molecular flexibility index (Phi) is 2.86. The smallest absolute Gasteiger partial charge is 0.224 e. The molecule has 20 heavy (non-hydrogen) atoms. The van der Waals surface area contributed by atoms with Crippen LogP contribution in [0.15, 0.2) is 36.8 Å². The molecule has 0 spiro atoms. The van der Waals surface area contributed by atoms with Crippen molar-refractivity contribution in [2.75, 3.05) is 0 Å². The van der Waals surface area contributed by atoms with Crippen LogP contribution in [0.4, 0.5) is 13.2 Å². The van der Waals surface area contributed by atoms with Crippen molar-refractivity contribution in [2.24, 2.45) is 0 Å². The van der Waals surface area contributed by atoms with E-state index in [0.29, 0.717) is 16.7 Å². The molecule has 0 atom stereocenters. The number of rotatable bonds is 1. The van der Waals surface area contributed by atoms with Gasteiger partial charge in [0.05, 0.1) is 22.8 Å². The van der Waals surface area contributed by atoms with Crippen molar-refractivity contribution in [3.05, 3.63) is 47.5 Å². The van der Waals surface area contributed by atoms with Crippen molar-refractivity contribution in [1.29, 1.82) is 0 Å². The van der Waals surface area contributed by atoms with Gasteiger partial charge in [0.1, 0.15) is 11.5 Å². The molecule has 0 aliphatic heterocycles. The van der Waals surface area contributed by atoms with Crippen LogP contribution in [0, 0.1) is 0 Å². The summed E-state index contributed by atoms with van der Waals surface area (Å²) in [6, 6.07) is 4.63. The Morgan fingerprint density at radius 1 is 1.05 bits per heavy atom. The van der Waals surface area contributed by atoms with Gasteiger partial charge in [-0.05, 0) is 24.3 Å². The third kappa shape index (κ3) is 2.09. The van der Waals surface area contributed by atoms with E-state index in [4.69, 9.17) is 11.6 Å². The predicted molar refractivity (Wildman–Crippen MR) is 66.7 cm³/mol. The minimum Gasteiger partial charge on any atom is -0.224 e. The van der Waals surface area contributed by atoms with Gasteiger partial charge in [0.15, 0.2) is 5.65 Å². The lowest BCUT2D eigenvalue weighted by atomic mass is 10.2. The molecule has 0 N–H and O–H groups in total. The van der Waals surface area contributed by atoms with Crippen LogP contribution in [-0.2, 0) is 6.18 Å². The van der Waals surface area contributed by atoms with Crippen LogP contribution in [0.1, 0.15) is 5.56 Å². The van der Waals surface area contributed by atoms with E-state index in [9.17, 15) is 13.2 Å². The van der Waals surface area contributed by atoms with Gasteiger partial charge < -0.3 is 0 Å². The average Bonchev–Trinajstić information content (AvgIpc) is 2.83. The molecule has 0 aliphatic carbocycles. The molecule has 3 aromatic rings. The second-order valence-electron chi connectivity index (χ2n) is 4.00. The van der Waals surface area contributed by atoms with Crippen LogP contribution >= 0.6 is 11.6 Å². The van der Waals surface area contributed by atoms with Crippen LogP contribution in [-0.4, -0.2) is 19.7 Å². The van der Waals surface area contributed by atoms with E-state index in [1.807, 2.05) is 0 Å². The minimum absolute atomic E-state index is 0.244. The molecule has 2 heterocycles. The molecule has 3 rings (SSSR count). The summed E-state index contributed by atoms with van der Waals surface area (Å²) in [5.74, 6) is 0. The minimum atomic E-state index is -4.36. The van der Waals surface area contributed by atoms with Crippen molar-refractivity contribution in [2.45, 2.75) is 6.18 Å². The first kappa shape index (κ1) is 12.9. The van der Waals surface area contributed by atoms with Gasteiger partial charge in [0.25, 0.3) is 0 Å². The predicted octanol–water partition coefficient (Wildman–Crippen LogP) is 3.49. The molecule has 0 amide bonds. The van der Waals surface area contributed by atoms with E-state index >= 15 is 0 Å². The maximum Gasteiger partial charge on any atom is 0.416 e. The molecular weight excluding hydrogens is 293 g/mol. The average molecular weight is 299 g/mol. The Bertz CT molecular complexity index is 764. The molecule has 0 saturated heterocycles. The molecule has 0 bridgehead atoms. The van der Waals surface area contributed by atoms with Crippen LogP contribution in [0.3, 0.4) is 0 Å². The Morgan fingerprint density at radius 2 is 1.75 bits per heavy atom. The van der Waals surface area contributed by atoms with Crippen molar-refractivity contribution in [3.8, 4) is 5.69 Å². The molecule has 102 valence electrons. The number of hydrogen-bond donors (Lipinski definition) is 0. The zero-order valence-electron chi connectivity index (χ0n) is 9.76. The van der Waals surface area contributed by atoms with Crippen LogP contribution in [0.25, 0.3) is 16.7 Å². The fourth-order valence-corrected chi connectivity index (χ4v) is 1.97. The highest BCUT2D eigenvalue weighted by molar-refractivity contribution is 6.33. The molecule has 0 radical (unpaired) electrons. The van der Waals surface area contributed by atoms with Crippen molar-refractivity contribution < 1.29 is 13.2 Å². The highest BCUT2D eigenvalue weighted by Crippen LogP contribution is 2.30. The Labute approximate surface area is 115 Å². The fraction of sp³-hybridized carbons (Fsp3) is 0.0833. The number of aromatic nitrogens is 4. The summed E-state index contributed by atoms with van der Waals surface area (Å²) in [4.78, 5) is 7.85. The third-order valence-corrected chi connectivity index (χ3v) is 3.06. The third-order valence-electron chi connectivity index (χ3n) is 2.76. The topological polar surface area (TPSA) is 43.6 Å². The van der Waals surface area contributed by atoms with Crippen molar-refractivity contribution >= 4 is 22.6 Å². The first-order chi connectivity index (χ1) is 9.47. The Morgan fingerprint density at radius 3 is 2.40 bits per heavy atom. The maximum absolute atomic E-state index is 12.5. The van der Waals surface area contributed by atoms with Crippen molar-refractivity contribution in [1.82, 2.24) is 19.7 Å². The zero-order valence-corrected chi connectivity index (χ0v) is 10.5. The molecule has 4 nitrogen and oxygen atoms in total. The SMILES string of the molecule is FC(F)(F)c1ccc(-n2ncc3c(Cl)ncnc32)cc1. The van der Waals surface area contributed by atoms with E-state index in [-0.39, 0.29) is 5.15 Å². The van der Waals surface area contributed by atoms with E-state index < -0.39 is 11.7 Å². The van der Waals surface area contributed by atoms with Crippen LogP contribution < -0.4 is 0 Å². The fourth-order valence-electron chi connectivity index (χ4n) is 1.80. The van der Waals surface area contributed by atoms with Gasteiger partial charge in [-0.1, -0.05) is 11.6 Å². The second kappa shape index (κ2) is 4.45. The lowest BCUT2D eigenvalue weighted by molar-refractivity contribution is -0.137. The van der Waals surface area contributed by atoms with Gasteiger partial charge in [0.2, 0.25) is 0 Å². The molecule has 0 aliphatic rings. The molecule has 2 aromatic heterocycles. The molecule has 0 unspecified atom stereocenters. The van der Waals surface area contributed by atoms with E-state index in [0.717, 1.165) is 12.1 Å². The number of benzene rings is 1. The second-order valence-corrected chi connectivity index (χ2v) is 4.36.